The van der Waals surface area contributed by atoms with Gasteiger partial charge in [0.05, 0.1) is 0 Å². The highest BCUT2D eigenvalue weighted by molar-refractivity contribution is 5.21. The first-order chi connectivity index (χ1) is 7.74. The fourth-order valence-electron chi connectivity index (χ4n) is 2.49. The smallest absolute Gasteiger partial charge is 0.000750 e. The van der Waals surface area contributed by atoms with Crippen LogP contribution >= 0.6 is 0 Å². The van der Waals surface area contributed by atoms with Crippen LogP contribution in [-0.2, 0) is 6.42 Å². The van der Waals surface area contributed by atoms with Crippen molar-refractivity contribution in [1.29, 1.82) is 0 Å². The summed E-state index contributed by atoms with van der Waals surface area (Å²) in [4.78, 5) is 2.61. The van der Waals surface area contributed by atoms with E-state index >= 15 is 0 Å². The number of likely N-dealkylation sites (tertiary alicyclic amines) is 1. The molecular formula is C15H23N. The molecule has 1 aromatic rings. The first-order valence-electron chi connectivity index (χ1n) is 6.52. The van der Waals surface area contributed by atoms with E-state index in [-0.39, 0.29) is 0 Å². The summed E-state index contributed by atoms with van der Waals surface area (Å²) in [6, 6.07) is 8.96. The molecule has 1 heteroatoms. The topological polar surface area (TPSA) is 3.24 Å². The third-order valence-electron chi connectivity index (χ3n) is 3.57. The Kier molecular flexibility index (Phi) is 4.00. The van der Waals surface area contributed by atoms with Gasteiger partial charge in [0.1, 0.15) is 0 Å². The summed E-state index contributed by atoms with van der Waals surface area (Å²) in [7, 11) is 0. The summed E-state index contributed by atoms with van der Waals surface area (Å²) in [5.74, 6) is 0.916. The van der Waals surface area contributed by atoms with Gasteiger partial charge in [-0.3, -0.25) is 0 Å². The van der Waals surface area contributed by atoms with Crippen LogP contribution in [0.5, 0.6) is 0 Å². The van der Waals surface area contributed by atoms with E-state index in [4.69, 9.17) is 0 Å². The Hall–Kier alpha value is -0.820. The molecule has 1 aromatic carbocycles. The lowest BCUT2D eigenvalue weighted by molar-refractivity contribution is 0.323. The van der Waals surface area contributed by atoms with Crippen LogP contribution in [0.4, 0.5) is 0 Å². The maximum atomic E-state index is 2.61. The number of aryl methyl sites for hydroxylation is 2. The maximum Gasteiger partial charge on any atom is 0.000750 e. The monoisotopic (exact) mass is 217 g/mol. The predicted octanol–water partition coefficient (Wildman–Crippen LogP) is 3.27. The predicted molar refractivity (Wildman–Crippen MR) is 69.7 cm³/mol. The zero-order valence-electron chi connectivity index (χ0n) is 10.6. The van der Waals surface area contributed by atoms with E-state index in [0.717, 1.165) is 5.92 Å². The number of benzene rings is 1. The SMILES string of the molecule is Cc1ccc(CCCN2CC[C@H](C)C2)cc1. The Bertz CT molecular complexity index is 315. The van der Waals surface area contributed by atoms with Crippen molar-refractivity contribution in [2.24, 2.45) is 5.92 Å². The zero-order chi connectivity index (χ0) is 11.4. The van der Waals surface area contributed by atoms with Crippen LogP contribution in [0.1, 0.15) is 30.9 Å². The van der Waals surface area contributed by atoms with Gasteiger partial charge in [-0.05, 0) is 50.8 Å². The number of rotatable bonds is 4. The third kappa shape index (κ3) is 3.34. The van der Waals surface area contributed by atoms with E-state index in [1.54, 1.807) is 0 Å². The summed E-state index contributed by atoms with van der Waals surface area (Å²) in [6.07, 6.45) is 3.92. The molecule has 0 radical (unpaired) electrons. The van der Waals surface area contributed by atoms with E-state index in [0.29, 0.717) is 0 Å². The van der Waals surface area contributed by atoms with Crippen LogP contribution < -0.4 is 0 Å². The van der Waals surface area contributed by atoms with Crippen LogP contribution in [0.15, 0.2) is 24.3 Å². The zero-order valence-corrected chi connectivity index (χ0v) is 10.6. The van der Waals surface area contributed by atoms with Gasteiger partial charge >= 0.3 is 0 Å². The van der Waals surface area contributed by atoms with Crippen LogP contribution in [-0.4, -0.2) is 24.5 Å². The summed E-state index contributed by atoms with van der Waals surface area (Å²) in [5, 5.41) is 0. The molecule has 0 amide bonds. The molecule has 0 bridgehead atoms. The molecular weight excluding hydrogens is 194 g/mol. The molecule has 1 atom stereocenters. The molecule has 0 saturated carbocycles. The highest BCUT2D eigenvalue weighted by Crippen LogP contribution is 2.15. The lowest BCUT2D eigenvalue weighted by Gasteiger charge is -2.14. The molecule has 88 valence electrons. The largest absolute Gasteiger partial charge is 0.303 e. The maximum absolute atomic E-state index is 2.61. The third-order valence-corrected chi connectivity index (χ3v) is 3.57. The van der Waals surface area contributed by atoms with Crippen LogP contribution in [0, 0.1) is 12.8 Å². The van der Waals surface area contributed by atoms with Gasteiger partial charge in [0.15, 0.2) is 0 Å². The Morgan fingerprint density at radius 3 is 2.62 bits per heavy atom. The molecule has 0 aromatic heterocycles. The van der Waals surface area contributed by atoms with E-state index < -0.39 is 0 Å². The summed E-state index contributed by atoms with van der Waals surface area (Å²) >= 11 is 0. The Morgan fingerprint density at radius 1 is 1.25 bits per heavy atom. The van der Waals surface area contributed by atoms with Crippen molar-refractivity contribution in [1.82, 2.24) is 4.90 Å². The van der Waals surface area contributed by atoms with Crippen molar-refractivity contribution >= 4 is 0 Å². The molecule has 2 rings (SSSR count). The molecule has 1 saturated heterocycles. The minimum atomic E-state index is 0.916. The highest BCUT2D eigenvalue weighted by atomic mass is 15.1. The van der Waals surface area contributed by atoms with Crippen molar-refractivity contribution in [3.63, 3.8) is 0 Å². The van der Waals surface area contributed by atoms with Crippen molar-refractivity contribution < 1.29 is 0 Å². The second-order valence-corrected chi connectivity index (χ2v) is 5.28. The fraction of sp³-hybridized carbons (Fsp3) is 0.600. The molecule has 16 heavy (non-hydrogen) atoms. The van der Waals surface area contributed by atoms with Gasteiger partial charge in [-0.2, -0.15) is 0 Å². The van der Waals surface area contributed by atoms with Gasteiger partial charge < -0.3 is 4.90 Å². The van der Waals surface area contributed by atoms with Crippen LogP contribution in [0.3, 0.4) is 0 Å². The van der Waals surface area contributed by atoms with Gasteiger partial charge in [-0.25, -0.2) is 0 Å². The van der Waals surface area contributed by atoms with Crippen molar-refractivity contribution in [2.75, 3.05) is 19.6 Å². The van der Waals surface area contributed by atoms with E-state index in [1.807, 2.05) is 0 Å². The standard InChI is InChI=1S/C15H23N/c1-13-5-7-15(8-6-13)4-3-10-16-11-9-14(2)12-16/h5-8,14H,3-4,9-12H2,1-2H3/t14-/m0/s1. The molecule has 0 N–H and O–H groups in total. The Balaban J connectivity index is 1.70. The van der Waals surface area contributed by atoms with E-state index in [2.05, 4.69) is 43.0 Å². The van der Waals surface area contributed by atoms with Crippen molar-refractivity contribution in [3.05, 3.63) is 35.4 Å². The normalized spacial score (nSPS) is 21.5. The summed E-state index contributed by atoms with van der Waals surface area (Å²) < 4.78 is 0. The molecule has 0 unspecified atom stereocenters. The van der Waals surface area contributed by atoms with Gasteiger partial charge in [0.25, 0.3) is 0 Å². The Morgan fingerprint density at radius 2 is 2.00 bits per heavy atom. The number of nitrogens with zero attached hydrogens (tertiary/aromatic N) is 1. The first kappa shape index (κ1) is 11.7. The van der Waals surface area contributed by atoms with E-state index in [9.17, 15) is 0 Å². The molecule has 0 spiro atoms. The lowest BCUT2D eigenvalue weighted by Crippen LogP contribution is -2.21. The van der Waals surface area contributed by atoms with Gasteiger partial charge in [0.2, 0.25) is 0 Å². The lowest BCUT2D eigenvalue weighted by atomic mass is 10.1. The number of hydrogen-bond acceptors (Lipinski definition) is 1. The molecule has 1 fully saturated rings. The molecule has 1 heterocycles. The average Bonchev–Trinajstić information content (AvgIpc) is 2.67. The summed E-state index contributed by atoms with van der Waals surface area (Å²) in [6.45, 7) is 8.41. The van der Waals surface area contributed by atoms with Crippen molar-refractivity contribution in [3.8, 4) is 0 Å². The van der Waals surface area contributed by atoms with Gasteiger partial charge in [0, 0.05) is 6.54 Å². The first-order valence-corrected chi connectivity index (χ1v) is 6.52. The van der Waals surface area contributed by atoms with Gasteiger partial charge in [-0.1, -0.05) is 36.8 Å². The molecule has 1 nitrogen and oxygen atoms in total. The fourth-order valence-corrected chi connectivity index (χ4v) is 2.49. The average molecular weight is 217 g/mol. The quantitative estimate of drug-likeness (QED) is 0.748. The second-order valence-electron chi connectivity index (χ2n) is 5.28. The molecule has 1 aliphatic heterocycles. The van der Waals surface area contributed by atoms with Gasteiger partial charge in [-0.15, -0.1) is 0 Å². The van der Waals surface area contributed by atoms with E-state index in [1.165, 1.54) is 50.0 Å². The van der Waals surface area contributed by atoms with Crippen molar-refractivity contribution in [2.45, 2.75) is 33.1 Å². The van der Waals surface area contributed by atoms with Crippen LogP contribution in [0.2, 0.25) is 0 Å². The minimum absolute atomic E-state index is 0.916. The summed E-state index contributed by atoms with van der Waals surface area (Å²) in [5.41, 5.74) is 2.84. The Labute approximate surface area is 99.5 Å². The molecule has 1 aliphatic rings. The highest BCUT2D eigenvalue weighted by Gasteiger charge is 2.17. The second kappa shape index (κ2) is 5.49. The van der Waals surface area contributed by atoms with Crippen LogP contribution in [0.25, 0.3) is 0 Å². The number of hydrogen-bond donors (Lipinski definition) is 0. The minimum Gasteiger partial charge on any atom is -0.303 e. The molecule has 0 aliphatic carbocycles.